The number of carbonyl (C=O) groups is 1. The summed E-state index contributed by atoms with van der Waals surface area (Å²) in [5, 5.41) is 2.92. The molecule has 3 heteroatoms. The highest BCUT2D eigenvalue weighted by atomic mass is 16.1. The molecule has 17 heavy (non-hydrogen) atoms. The number of carbonyl (C=O) groups excluding carboxylic acids is 1. The molecule has 1 aliphatic carbocycles. The summed E-state index contributed by atoms with van der Waals surface area (Å²) in [5.41, 5.74) is 3.69. The Labute approximate surface area is 103 Å². The molecule has 1 aliphatic rings. The van der Waals surface area contributed by atoms with Crippen LogP contribution in [0.1, 0.15) is 24.5 Å². The molecule has 3 nitrogen and oxygen atoms in total. The quantitative estimate of drug-likeness (QED) is 0.846. The van der Waals surface area contributed by atoms with Crippen LogP contribution in [0.2, 0.25) is 0 Å². The van der Waals surface area contributed by atoms with Crippen molar-refractivity contribution in [1.29, 1.82) is 0 Å². The van der Waals surface area contributed by atoms with Crippen LogP contribution in [0.5, 0.6) is 0 Å². The second-order valence-corrected chi connectivity index (χ2v) is 4.98. The van der Waals surface area contributed by atoms with Gasteiger partial charge in [0.2, 0.25) is 5.91 Å². The zero-order valence-corrected chi connectivity index (χ0v) is 10.8. The van der Waals surface area contributed by atoms with E-state index in [-0.39, 0.29) is 5.91 Å². The Bertz CT molecular complexity index is 426. The number of hydrogen-bond donors (Lipinski definition) is 1. The number of anilines is 1. The molecule has 1 aromatic rings. The first-order valence-electron chi connectivity index (χ1n) is 6.12. The summed E-state index contributed by atoms with van der Waals surface area (Å²) in [6.45, 7) is 1.56. The molecular weight excluding hydrogens is 212 g/mol. The molecule has 0 aliphatic heterocycles. The zero-order chi connectivity index (χ0) is 12.4. The maximum atomic E-state index is 11.2. The van der Waals surface area contributed by atoms with Crippen molar-refractivity contribution in [1.82, 2.24) is 4.90 Å². The van der Waals surface area contributed by atoms with Gasteiger partial charge in [0.25, 0.3) is 0 Å². The Hall–Kier alpha value is -1.35. The van der Waals surface area contributed by atoms with Crippen molar-refractivity contribution < 1.29 is 4.79 Å². The van der Waals surface area contributed by atoms with Crippen LogP contribution in [-0.2, 0) is 17.6 Å². The van der Waals surface area contributed by atoms with E-state index < -0.39 is 0 Å². The molecule has 0 spiro atoms. The molecule has 0 saturated carbocycles. The minimum absolute atomic E-state index is 0.00753. The topological polar surface area (TPSA) is 32.3 Å². The zero-order valence-electron chi connectivity index (χ0n) is 10.8. The summed E-state index contributed by atoms with van der Waals surface area (Å²) in [5.74, 6) is 0.00753. The molecule has 0 radical (unpaired) electrons. The summed E-state index contributed by atoms with van der Waals surface area (Å²) in [4.78, 5) is 13.4. The number of benzene rings is 1. The van der Waals surface area contributed by atoms with Crippen molar-refractivity contribution in [3.05, 3.63) is 29.3 Å². The predicted octanol–water partition coefficient (Wildman–Crippen LogP) is 2.06. The van der Waals surface area contributed by atoms with Gasteiger partial charge in [0.15, 0.2) is 0 Å². The Morgan fingerprint density at radius 3 is 2.82 bits per heavy atom. The molecule has 92 valence electrons. The number of nitrogens with zero attached hydrogens (tertiary/aromatic N) is 1. The molecule has 0 saturated heterocycles. The fourth-order valence-electron chi connectivity index (χ4n) is 2.54. The highest BCUT2D eigenvalue weighted by Crippen LogP contribution is 2.29. The molecule has 0 unspecified atom stereocenters. The van der Waals surface area contributed by atoms with Crippen LogP contribution in [0.15, 0.2) is 18.2 Å². The van der Waals surface area contributed by atoms with Crippen molar-refractivity contribution in [2.75, 3.05) is 19.4 Å². The first-order chi connectivity index (χ1) is 8.08. The van der Waals surface area contributed by atoms with Crippen molar-refractivity contribution >= 4 is 11.6 Å². The number of hydrogen-bond acceptors (Lipinski definition) is 2. The molecule has 2 rings (SSSR count). The van der Waals surface area contributed by atoms with Gasteiger partial charge in [-0.1, -0.05) is 12.1 Å². The second-order valence-electron chi connectivity index (χ2n) is 4.98. The van der Waals surface area contributed by atoms with Crippen molar-refractivity contribution in [2.24, 2.45) is 0 Å². The third-order valence-corrected chi connectivity index (χ3v) is 3.50. The van der Waals surface area contributed by atoms with Crippen LogP contribution in [0.4, 0.5) is 5.69 Å². The van der Waals surface area contributed by atoms with Crippen LogP contribution >= 0.6 is 0 Å². The molecule has 1 atom stereocenters. The number of rotatable bonds is 2. The number of amides is 1. The fraction of sp³-hybridized carbons (Fsp3) is 0.500. The van der Waals surface area contributed by atoms with Crippen LogP contribution in [0.25, 0.3) is 0 Å². The molecule has 1 N–H and O–H groups in total. The standard InChI is InChI=1S/C14H20N2O/c1-10(17)15-14-6-4-5-11-9-12(16(2)3)7-8-13(11)14/h4-6,12H,7-9H2,1-3H3,(H,15,17)/t12-/m1/s1. The van der Waals surface area contributed by atoms with Gasteiger partial charge in [0.1, 0.15) is 0 Å². The second kappa shape index (κ2) is 4.88. The van der Waals surface area contributed by atoms with Gasteiger partial charge in [-0.05, 0) is 50.6 Å². The third-order valence-electron chi connectivity index (χ3n) is 3.50. The highest BCUT2D eigenvalue weighted by molar-refractivity contribution is 5.89. The number of likely N-dealkylation sites (N-methyl/N-ethyl adjacent to an activating group) is 1. The van der Waals surface area contributed by atoms with E-state index in [0.29, 0.717) is 6.04 Å². The highest BCUT2D eigenvalue weighted by Gasteiger charge is 2.21. The van der Waals surface area contributed by atoms with Crippen LogP contribution in [-0.4, -0.2) is 30.9 Å². The summed E-state index contributed by atoms with van der Waals surface area (Å²) in [7, 11) is 4.26. The Morgan fingerprint density at radius 2 is 2.18 bits per heavy atom. The van der Waals surface area contributed by atoms with Crippen LogP contribution < -0.4 is 5.32 Å². The van der Waals surface area contributed by atoms with E-state index in [1.54, 1.807) is 6.92 Å². The van der Waals surface area contributed by atoms with Gasteiger partial charge >= 0.3 is 0 Å². The third kappa shape index (κ3) is 2.67. The summed E-state index contributed by atoms with van der Waals surface area (Å²) >= 11 is 0. The first kappa shape index (κ1) is 12.1. The Morgan fingerprint density at radius 1 is 1.41 bits per heavy atom. The van der Waals surface area contributed by atoms with E-state index in [1.165, 1.54) is 11.1 Å². The van der Waals surface area contributed by atoms with E-state index in [0.717, 1.165) is 24.9 Å². The van der Waals surface area contributed by atoms with Gasteiger partial charge in [-0.3, -0.25) is 4.79 Å². The minimum atomic E-state index is 0.00753. The SMILES string of the molecule is CC(=O)Nc1cccc2c1CC[C@@H](N(C)C)C2. The van der Waals surface area contributed by atoms with E-state index in [2.05, 4.69) is 30.4 Å². The predicted molar refractivity (Wildman–Crippen MR) is 70.2 cm³/mol. The average molecular weight is 232 g/mol. The van der Waals surface area contributed by atoms with Gasteiger partial charge in [0.05, 0.1) is 0 Å². The van der Waals surface area contributed by atoms with Crippen molar-refractivity contribution in [2.45, 2.75) is 32.2 Å². The van der Waals surface area contributed by atoms with E-state index in [1.807, 2.05) is 12.1 Å². The summed E-state index contributed by atoms with van der Waals surface area (Å²) in [6.07, 6.45) is 3.29. The largest absolute Gasteiger partial charge is 0.326 e. The van der Waals surface area contributed by atoms with E-state index in [4.69, 9.17) is 0 Å². The molecule has 0 heterocycles. The van der Waals surface area contributed by atoms with E-state index >= 15 is 0 Å². The molecule has 1 aromatic carbocycles. The lowest BCUT2D eigenvalue weighted by Gasteiger charge is -2.30. The molecule has 1 amide bonds. The van der Waals surface area contributed by atoms with Gasteiger partial charge in [-0.2, -0.15) is 0 Å². The molecular formula is C14H20N2O. The Balaban J connectivity index is 2.26. The van der Waals surface area contributed by atoms with Gasteiger partial charge in [-0.25, -0.2) is 0 Å². The maximum Gasteiger partial charge on any atom is 0.221 e. The lowest BCUT2D eigenvalue weighted by Crippen LogP contribution is -2.33. The smallest absolute Gasteiger partial charge is 0.221 e. The fourth-order valence-corrected chi connectivity index (χ4v) is 2.54. The molecule has 0 bridgehead atoms. The van der Waals surface area contributed by atoms with Gasteiger partial charge < -0.3 is 10.2 Å². The van der Waals surface area contributed by atoms with Gasteiger partial charge in [0, 0.05) is 18.7 Å². The number of nitrogens with one attached hydrogen (secondary N) is 1. The molecule has 0 aromatic heterocycles. The first-order valence-corrected chi connectivity index (χ1v) is 6.12. The minimum Gasteiger partial charge on any atom is -0.326 e. The summed E-state index contributed by atoms with van der Waals surface area (Å²) < 4.78 is 0. The molecule has 0 fully saturated rings. The van der Waals surface area contributed by atoms with Crippen molar-refractivity contribution in [3.63, 3.8) is 0 Å². The van der Waals surface area contributed by atoms with Gasteiger partial charge in [-0.15, -0.1) is 0 Å². The lowest BCUT2D eigenvalue weighted by molar-refractivity contribution is -0.114. The normalized spacial score (nSPS) is 18.9. The van der Waals surface area contributed by atoms with Crippen LogP contribution in [0.3, 0.4) is 0 Å². The summed E-state index contributed by atoms with van der Waals surface area (Å²) in [6, 6.07) is 6.82. The number of fused-ring (bicyclic) bond motifs is 1. The van der Waals surface area contributed by atoms with Crippen LogP contribution in [0, 0.1) is 0 Å². The van der Waals surface area contributed by atoms with Crippen molar-refractivity contribution in [3.8, 4) is 0 Å². The Kier molecular flexibility index (Phi) is 3.48. The van der Waals surface area contributed by atoms with E-state index in [9.17, 15) is 4.79 Å². The maximum absolute atomic E-state index is 11.2. The average Bonchev–Trinajstić information content (AvgIpc) is 2.28. The monoisotopic (exact) mass is 232 g/mol. The lowest BCUT2D eigenvalue weighted by atomic mass is 9.86.